The third-order valence-electron chi connectivity index (χ3n) is 17.7. The molecule has 1 unspecified atom stereocenters. The summed E-state index contributed by atoms with van der Waals surface area (Å²) in [6.07, 6.45) is 73.3. The molecule has 0 aliphatic heterocycles. The van der Waals surface area contributed by atoms with Gasteiger partial charge in [0, 0.05) is 25.7 Å². The van der Waals surface area contributed by atoms with E-state index in [9.17, 15) is 38.6 Å². The number of carbonyl (C=O) groups excluding carboxylic acids is 4. The lowest BCUT2D eigenvalue weighted by Gasteiger charge is -2.27. The van der Waals surface area contributed by atoms with E-state index >= 15 is 0 Å². The number of ether oxygens (including phenoxy) is 6. The molecule has 0 bridgehead atoms. The van der Waals surface area contributed by atoms with E-state index < -0.39 is 75.5 Å². The van der Waals surface area contributed by atoms with Crippen LogP contribution in [0.2, 0.25) is 0 Å². The summed E-state index contributed by atoms with van der Waals surface area (Å²) in [5.74, 6) is -4.07. The van der Waals surface area contributed by atoms with Crippen molar-refractivity contribution in [3.63, 3.8) is 0 Å². The van der Waals surface area contributed by atoms with Crippen molar-refractivity contribution in [2.24, 2.45) is 0 Å². The number of allylic oxidation sites excluding steroid dienone is 8. The largest absolute Gasteiger partial charge is 0.462 e. The van der Waals surface area contributed by atoms with Crippen molar-refractivity contribution >= 4 is 31.5 Å². The molecule has 0 aromatic carbocycles. The standard InChI is InChI=1S/C81H149O14P/c1-5-9-13-17-21-25-29-33-37-41-45-49-53-57-61-65-77(83)91-70-74(94-79(85)67-63-59-55-51-47-43-39-35-31-27-23-19-15-11-7-3)69-90-73-76(82)81(96(87,88)89)93-72-75(95-80(86)68-64-60-56-52-48-44-40-36-32-28-24-20-16-12-8-4)71-92-78(84)66-62-58-54-50-46-42-38-34-30-26-22-18-14-10-6-2/h33-40,74-76,81-82H,5-32,41-73H2,1-4H3,(H2,87,88,89)/b37-33-,38-34-,39-35-,40-36-/t74-,75+,76-,81?/m0/s1. The van der Waals surface area contributed by atoms with Crippen LogP contribution < -0.4 is 0 Å². The Kier molecular flexibility index (Phi) is 70.7. The van der Waals surface area contributed by atoms with Crippen LogP contribution in [0.5, 0.6) is 0 Å². The lowest BCUT2D eigenvalue weighted by Crippen LogP contribution is -2.38. The summed E-state index contributed by atoms with van der Waals surface area (Å²) in [6.45, 7) is 6.69. The molecule has 0 saturated carbocycles. The van der Waals surface area contributed by atoms with Gasteiger partial charge in [-0.3, -0.25) is 23.7 Å². The first-order chi connectivity index (χ1) is 46.9. The average Bonchev–Trinajstić information content (AvgIpc) is 1.10. The van der Waals surface area contributed by atoms with Gasteiger partial charge in [0.15, 0.2) is 18.1 Å². The molecule has 0 saturated heterocycles. The highest BCUT2D eigenvalue weighted by Gasteiger charge is 2.38. The Balaban J connectivity index is 5.56. The molecule has 0 aliphatic rings. The maximum absolute atomic E-state index is 13.2. The molecule has 0 heterocycles. The quantitative estimate of drug-likeness (QED) is 0.0171. The Bertz CT molecular complexity index is 1900. The SMILES string of the molecule is CCCCCCCC/C=C\CCCCCCCC(=O)OC[C@H](COC([C@@H](O)COC[C@@H](COC(=O)CCCCCCC/C=C\CCCCCCCC)OC(=O)CCCCCCC/C=C\CCCCCCCC)P(=O)(O)O)OC(=O)CCCCCCC/C=C\CCCCCCCC. The highest BCUT2D eigenvalue weighted by molar-refractivity contribution is 7.52. The van der Waals surface area contributed by atoms with Gasteiger partial charge in [0.2, 0.25) is 0 Å². The molecule has 0 aromatic rings. The second-order valence-corrected chi connectivity index (χ2v) is 29.0. The van der Waals surface area contributed by atoms with Gasteiger partial charge < -0.3 is 43.3 Å². The summed E-state index contributed by atoms with van der Waals surface area (Å²) in [7, 11) is -5.20. The summed E-state index contributed by atoms with van der Waals surface area (Å²) >= 11 is 0. The third kappa shape index (κ3) is 68.0. The van der Waals surface area contributed by atoms with Gasteiger partial charge in [0.1, 0.15) is 19.3 Å². The van der Waals surface area contributed by atoms with Gasteiger partial charge >= 0.3 is 31.5 Å². The average molecular weight is 1380 g/mol. The molecular weight excluding hydrogens is 1230 g/mol. The Morgan fingerprint density at radius 1 is 0.302 bits per heavy atom. The summed E-state index contributed by atoms with van der Waals surface area (Å²) in [5.41, 5.74) is 0. The second kappa shape index (κ2) is 73.1. The lowest BCUT2D eigenvalue weighted by molar-refractivity contribution is -0.166. The number of rotatable bonds is 75. The Morgan fingerprint density at radius 2 is 0.531 bits per heavy atom. The van der Waals surface area contributed by atoms with Crippen LogP contribution in [0.1, 0.15) is 387 Å². The van der Waals surface area contributed by atoms with Crippen LogP contribution in [0, 0.1) is 0 Å². The van der Waals surface area contributed by atoms with E-state index in [1.54, 1.807) is 0 Å². The van der Waals surface area contributed by atoms with Gasteiger partial charge in [-0.2, -0.15) is 0 Å². The molecule has 562 valence electrons. The van der Waals surface area contributed by atoms with Crippen LogP contribution in [-0.4, -0.2) is 96.0 Å². The number of unbranched alkanes of at least 4 members (excludes halogenated alkanes) is 44. The fourth-order valence-corrected chi connectivity index (χ4v) is 12.5. The molecule has 4 atom stereocenters. The number of aliphatic hydroxyl groups excluding tert-OH is 1. The first kappa shape index (κ1) is 92.9. The molecule has 0 amide bonds. The van der Waals surface area contributed by atoms with E-state index in [4.69, 9.17) is 28.4 Å². The number of aliphatic hydroxyl groups is 1. The van der Waals surface area contributed by atoms with Crippen molar-refractivity contribution in [3.05, 3.63) is 48.6 Å². The summed E-state index contributed by atoms with van der Waals surface area (Å²) < 4.78 is 47.0. The van der Waals surface area contributed by atoms with Gasteiger partial charge in [0.25, 0.3) is 0 Å². The van der Waals surface area contributed by atoms with Crippen LogP contribution in [0.25, 0.3) is 0 Å². The third-order valence-corrected chi connectivity index (χ3v) is 18.9. The van der Waals surface area contributed by atoms with E-state index in [2.05, 4.69) is 76.3 Å². The number of hydrogen-bond donors (Lipinski definition) is 3. The number of carbonyl (C=O) groups is 4. The zero-order valence-electron chi connectivity index (χ0n) is 62.3. The molecule has 0 radical (unpaired) electrons. The van der Waals surface area contributed by atoms with Gasteiger partial charge in [-0.15, -0.1) is 0 Å². The topological polar surface area (TPSA) is 201 Å². The van der Waals surface area contributed by atoms with Crippen LogP contribution in [0.3, 0.4) is 0 Å². The minimum atomic E-state index is -5.20. The first-order valence-electron chi connectivity index (χ1n) is 40.1. The molecule has 0 fully saturated rings. The Hall–Kier alpha value is -3.13. The molecule has 96 heavy (non-hydrogen) atoms. The fourth-order valence-electron chi connectivity index (χ4n) is 11.6. The van der Waals surface area contributed by atoms with Crippen molar-refractivity contribution in [1.29, 1.82) is 0 Å². The maximum Gasteiger partial charge on any atom is 0.356 e. The van der Waals surface area contributed by atoms with Gasteiger partial charge in [-0.1, -0.05) is 282 Å². The predicted molar refractivity (Wildman–Crippen MR) is 398 cm³/mol. The molecule has 15 heteroatoms. The van der Waals surface area contributed by atoms with Gasteiger partial charge in [-0.25, -0.2) is 0 Å². The van der Waals surface area contributed by atoms with Crippen LogP contribution >= 0.6 is 7.60 Å². The van der Waals surface area contributed by atoms with E-state index in [1.807, 2.05) is 0 Å². The van der Waals surface area contributed by atoms with E-state index in [0.29, 0.717) is 25.7 Å². The second-order valence-electron chi connectivity index (χ2n) is 27.3. The van der Waals surface area contributed by atoms with Crippen molar-refractivity contribution in [1.82, 2.24) is 0 Å². The van der Waals surface area contributed by atoms with E-state index in [1.165, 1.54) is 154 Å². The van der Waals surface area contributed by atoms with Crippen LogP contribution in [-0.2, 0) is 52.2 Å². The molecular formula is C81H149O14P. The summed E-state index contributed by atoms with van der Waals surface area (Å²) in [5, 5.41) is 11.3. The van der Waals surface area contributed by atoms with Gasteiger partial charge in [-0.05, 0) is 128 Å². The number of esters is 4. The molecule has 0 spiro atoms. The molecule has 0 aromatic heterocycles. The molecule has 3 N–H and O–H groups in total. The van der Waals surface area contributed by atoms with Crippen LogP contribution in [0.15, 0.2) is 48.6 Å². The normalized spacial score (nSPS) is 13.4. The van der Waals surface area contributed by atoms with E-state index in [0.717, 1.165) is 154 Å². The lowest BCUT2D eigenvalue weighted by atomic mass is 10.1. The Morgan fingerprint density at radius 3 is 0.792 bits per heavy atom. The maximum atomic E-state index is 13.2. The van der Waals surface area contributed by atoms with Gasteiger partial charge in [0.05, 0.1) is 19.8 Å². The van der Waals surface area contributed by atoms with E-state index in [-0.39, 0.29) is 38.9 Å². The van der Waals surface area contributed by atoms with Crippen molar-refractivity contribution < 1.29 is 67.1 Å². The summed E-state index contributed by atoms with van der Waals surface area (Å²) in [4.78, 5) is 73.3. The minimum Gasteiger partial charge on any atom is -0.462 e. The van der Waals surface area contributed by atoms with Crippen molar-refractivity contribution in [2.45, 2.75) is 411 Å². The molecule has 14 nitrogen and oxygen atoms in total. The highest BCUT2D eigenvalue weighted by Crippen LogP contribution is 2.44. The Labute approximate surface area is 588 Å². The smallest absolute Gasteiger partial charge is 0.356 e. The number of hydrogen-bond acceptors (Lipinski definition) is 12. The van der Waals surface area contributed by atoms with Crippen LogP contribution in [0.4, 0.5) is 0 Å². The molecule has 0 rings (SSSR count). The zero-order chi connectivity index (χ0) is 70.2. The first-order valence-corrected chi connectivity index (χ1v) is 41.8. The predicted octanol–water partition coefficient (Wildman–Crippen LogP) is 22.9. The molecule has 0 aliphatic carbocycles. The zero-order valence-corrected chi connectivity index (χ0v) is 63.2. The monoisotopic (exact) mass is 1380 g/mol. The van der Waals surface area contributed by atoms with Crippen molar-refractivity contribution in [2.75, 3.05) is 33.0 Å². The minimum absolute atomic E-state index is 0.103. The highest BCUT2D eigenvalue weighted by atomic mass is 31.2. The van der Waals surface area contributed by atoms with Crippen molar-refractivity contribution in [3.8, 4) is 0 Å². The summed E-state index contributed by atoms with van der Waals surface area (Å²) in [6, 6.07) is 0. The fraction of sp³-hybridized carbons (Fsp3) is 0.852.